The topological polar surface area (TPSA) is 58.2 Å². The maximum absolute atomic E-state index is 12.8. The highest BCUT2D eigenvalue weighted by molar-refractivity contribution is 7.80. The smallest absolute Gasteiger partial charge is 0.299 e. The van der Waals surface area contributed by atoms with Gasteiger partial charge in [-0.3, -0.25) is 5.32 Å². The van der Waals surface area contributed by atoms with E-state index >= 15 is 0 Å². The Morgan fingerprint density at radius 3 is 1.91 bits per heavy atom. The number of carbonyl (C=O) groups is 2. The molecule has 5 nitrogen and oxygen atoms in total. The van der Waals surface area contributed by atoms with Gasteiger partial charge in [-0.1, -0.05) is 34.9 Å². The van der Waals surface area contributed by atoms with Crippen LogP contribution in [0.1, 0.15) is 20.7 Å². The van der Waals surface area contributed by atoms with Gasteiger partial charge in [-0.2, -0.15) is 0 Å². The fraction of sp³-hybridized carbons (Fsp3) is 0.0625. The third kappa shape index (κ3) is 1.97. The quantitative estimate of drug-likeness (QED) is 0.506. The van der Waals surface area contributed by atoms with E-state index in [0.717, 1.165) is 5.69 Å². The summed E-state index contributed by atoms with van der Waals surface area (Å²) in [7, 11) is 1.54. The first-order valence-corrected chi connectivity index (χ1v) is 7.15. The maximum atomic E-state index is 12.8. The number of carbonyl (C=O) groups excluding carboxylic acids is 2. The van der Waals surface area contributed by atoms with Crippen molar-refractivity contribution >= 4 is 34.8 Å². The van der Waals surface area contributed by atoms with Crippen LogP contribution >= 0.6 is 12.2 Å². The van der Waals surface area contributed by atoms with Crippen LogP contribution in [-0.4, -0.2) is 28.6 Å². The molecule has 2 aromatic rings. The Labute approximate surface area is 133 Å². The number of nitrogens with one attached hydrogen (secondary N) is 2. The number of hydrogen-bond acceptors (Lipinski definition) is 4. The van der Waals surface area contributed by atoms with Gasteiger partial charge in [-0.05, 0) is 24.3 Å². The van der Waals surface area contributed by atoms with Crippen LogP contribution in [0.25, 0.3) is 0 Å². The van der Waals surface area contributed by atoms with E-state index in [-0.39, 0.29) is 16.9 Å². The number of quaternary nitrogens is 1. The lowest BCUT2D eigenvalue weighted by atomic mass is 10.1. The number of fused-ring (bicyclic) bond motifs is 1. The van der Waals surface area contributed by atoms with Crippen LogP contribution in [0.2, 0.25) is 0 Å². The minimum Gasteiger partial charge on any atom is -0.299 e. The average molecular weight is 312 g/mol. The van der Waals surface area contributed by atoms with Crippen molar-refractivity contribution in [2.75, 3.05) is 12.4 Å². The van der Waals surface area contributed by atoms with Gasteiger partial charge in [0.25, 0.3) is 0 Å². The number of thiocarbonyl (C=S) groups is 1. The summed E-state index contributed by atoms with van der Waals surface area (Å²) in [5.41, 5.74) is 4.25. The molecule has 2 aromatic carbocycles. The summed E-state index contributed by atoms with van der Waals surface area (Å²) in [5, 5.41) is 3.07. The summed E-state index contributed by atoms with van der Waals surface area (Å²) < 4.78 is -0.733. The van der Waals surface area contributed by atoms with Crippen LogP contribution in [-0.2, 0) is 0 Å². The molecular formula is C16H14N3O2S+. The lowest BCUT2D eigenvalue weighted by Gasteiger charge is -2.26. The summed E-state index contributed by atoms with van der Waals surface area (Å²) >= 11 is 5.37. The van der Waals surface area contributed by atoms with Crippen molar-refractivity contribution in [2.24, 2.45) is 0 Å². The monoisotopic (exact) mass is 312 g/mol. The molecule has 0 saturated heterocycles. The van der Waals surface area contributed by atoms with Crippen LogP contribution in [0, 0.1) is 0 Å². The molecule has 0 saturated carbocycles. The zero-order valence-electron chi connectivity index (χ0n) is 11.9. The lowest BCUT2D eigenvalue weighted by Crippen LogP contribution is -2.65. The molecule has 1 heterocycles. The third-order valence-electron chi connectivity index (χ3n) is 3.66. The summed E-state index contributed by atoms with van der Waals surface area (Å²) in [5.74, 6) is -0.756. The Morgan fingerprint density at radius 1 is 0.909 bits per heavy atom. The van der Waals surface area contributed by atoms with Crippen molar-refractivity contribution in [3.8, 4) is 0 Å². The van der Waals surface area contributed by atoms with Crippen molar-refractivity contribution in [1.82, 2.24) is 5.43 Å². The largest absolute Gasteiger partial charge is 0.380 e. The summed E-state index contributed by atoms with van der Waals surface area (Å²) in [4.78, 5) is 25.5. The van der Waals surface area contributed by atoms with E-state index in [1.54, 1.807) is 31.3 Å². The third-order valence-corrected chi connectivity index (χ3v) is 4.04. The number of amides is 2. The lowest BCUT2D eigenvalue weighted by molar-refractivity contribution is -0.712. The van der Waals surface area contributed by atoms with Gasteiger partial charge in [-0.25, -0.2) is 9.59 Å². The number of para-hydroxylation sites is 1. The Kier molecular flexibility index (Phi) is 3.58. The van der Waals surface area contributed by atoms with Gasteiger partial charge < -0.3 is 0 Å². The zero-order valence-corrected chi connectivity index (χ0v) is 12.7. The first kappa shape index (κ1) is 14.5. The highest BCUT2D eigenvalue weighted by Crippen LogP contribution is 2.29. The molecular weight excluding hydrogens is 298 g/mol. The molecule has 0 fully saturated rings. The molecule has 0 spiro atoms. The SMILES string of the molecule is CN[N+]1(C(=S)Nc2ccccc2)C(=O)c2ccccc2C1=O. The van der Waals surface area contributed by atoms with E-state index < -0.39 is 4.59 Å². The van der Waals surface area contributed by atoms with Crippen molar-refractivity contribution < 1.29 is 14.2 Å². The first-order chi connectivity index (χ1) is 10.6. The van der Waals surface area contributed by atoms with Crippen molar-refractivity contribution in [3.05, 3.63) is 65.7 Å². The van der Waals surface area contributed by atoms with Gasteiger partial charge in [0.1, 0.15) is 0 Å². The second-order valence-electron chi connectivity index (χ2n) is 4.85. The molecule has 1 aliphatic rings. The molecule has 0 radical (unpaired) electrons. The normalized spacial score (nSPS) is 15.5. The van der Waals surface area contributed by atoms with Crippen LogP contribution in [0.5, 0.6) is 0 Å². The Hall–Kier alpha value is -2.41. The van der Waals surface area contributed by atoms with E-state index in [0.29, 0.717) is 11.1 Å². The van der Waals surface area contributed by atoms with Crippen LogP contribution in [0.15, 0.2) is 54.6 Å². The molecule has 0 bridgehead atoms. The molecule has 6 heteroatoms. The van der Waals surface area contributed by atoms with E-state index in [4.69, 9.17) is 12.2 Å². The van der Waals surface area contributed by atoms with Crippen LogP contribution < -0.4 is 10.7 Å². The van der Waals surface area contributed by atoms with Gasteiger partial charge in [0, 0.05) is 25.0 Å². The molecule has 2 N–H and O–H groups in total. The van der Waals surface area contributed by atoms with E-state index in [1.165, 1.54) is 0 Å². The second kappa shape index (κ2) is 5.42. The molecule has 0 unspecified atom stereocenters. The minimum atomic E-state index is -0.733. The number of hydrogen-bond donors (Lipinski definition) is 2. The number of anilines is 1. The predicted octanol–water partition coefficient (Wildman–Crippen LogP) is 2.33. The summed E-state index contributed by atoms with van der Waals surface area (Å²) in [6.45, 7) is 0. The van der Waals surface area contributed by atoms with Crippen molar-refractivity contribution in [1.29, 1.82) is 0 Å². The Morgan fingerprint density at radius 2 is 1.41 bits per heavy atom. The molecule has 3 rings (SSSR count). The standard InChI is InChI=1S/C16H13N3O2S/c1-17-19(16(22)18-11-7-3-2-4-8-11)14(20)12-9-5-6-10-13(12)15(19)21/h2-10,17H,1H3/p+1. The number of imide groups is 1. The molecule has 22 heavy (non-hydrogen) atoms. The van der Waals surface area contributed by atoms with E-state index in [2.05, 4.69) is 10.7 Å². The second-order valence-corrected chi connectivity index (χ2v) is 5.23. The van der Waals surface area contributed by atoms with Crippen LogP contribution in [0.3, 0.4) is 0 Å². The molecule has 110 valence electrons. The fourth-order valence-electron chi connectivity index (χ4n) is 2.53. The molecule has 0 aliphatic carbocycles. The number of rotatable bonds is 2. The highest BCUT2D eigenvalue weighted by atomic mass is 32.1. The minimum absolute atomic E-state index is 0.0971. The average Bonchev–Trinajstić information content (AvgIpc) is 2.78. The highest BCUT2D eigenvalue weighted by Gasteiger charge is 2.57. The van der Waals surface area contributed by atoms with Gasteiger partial charge >= 0.3 is 16.9 Å². The maximum Gasteiger partial charge on any atom is 0.380 e. The number of nitrogens with zero attached hydrogens (tertiary/aromatic N) is 1. The molecule has 2 amide bonds. The molecule has 0 aromatic heterocycles. The number of benzene rings is 2. The van der Waals surface area contributed by atoms with Gasteiger partial charge in [0.15, 0.2) is 0 Å². The molecule has 1 aliphatic heterocycles. The zero-order chi connectivity index (χ0) is 15.7. The van der Waals surface area contributed by atoms with Gasteiger partial charge in [-0.15, -0.1) is 5.43 Å². The van der Waals surface area contributed by atoms with E-state index in [9.17, 15) is 9.59 Å². The summed E-state index contributed by atoms with van der Waals surface area (Å²) in [6, 6.07) is 15.9. The fourth-order valence-corrected chi connectivity index (χ4v) is 2.90. The Balaban J connectivity index is 2.02. The first-order valence-electron chi connectivity index (χ1n) is 6.74. The van der Waals surface area contributed by atoms with Crippen molar-refractivity contribution in [3.63, 3.8) is 0 Å². The summed E-state index contributed by atoms with van der Waals surface area (Å²) in [6.07, 6.45) is 0. The Bertz CT molecular complexity index is 739. The van der Waals surface area contributed by atoms with Crippen LogP contribution in [0.4, 0.5) is 5.69 Å². The van der Waals surface area contributed by atoms with Crippen molar-refractivity contribution in [2.45, 2.75) is 0 Å². The van der Waals surface area contributed by atoms with E-state index in [1.807, 2.05) is 30.3 Å². The molecule has 0 atom stereocenters. The predicted molar refractivity (Wildman–Crippen MR) is 87.1 cm³/mol. The van der Waals surface area contributed by atoms with Gasteiger partial charge in [0.2, 0.25) is 0 Å². The van der Waals surface area contributed by atoms with Gasteiger partial charge in [0.05, 0.1) is 11.1 Å².